The Morgan fingerprint density at radius 3 is 2.34 bits per heavy atom. The van der Waals surface area contributed by atoms with Gasteiger partial charge in [0, 0.05) is 36.1 Å². The minimum Gasteiger partial charge on any atom is -0.366 e. The van der Waals surface area contributed by atoms with Crippen molar-refractivity contribution in [2.75, 3.05) is 18.8 Å². The summed E-state index contributed by atoms with van der Waals surface area (Å²) < 4.78 is 2.50. The van der Waals surface area contributed by atoms with Crippen LogP contribution in [-0.4, -0.2) is 39.0 Å². The molecule has 0 radical (unpaired) electrons. The van der Waals surface area contributed by atoms with Crippen molar-refractivity contribution in [2.24, 2.45) is 5.73 Å². The molecule has 0 spiro atoms. The first kappa shape index (κ1) is 27.7. The molecule has 1 aromatic carbocycles. The van der Waals surface area contributed by atoms with E-state index in [2.05, 4.69) is 47.3 Å². The number of primary amides is 1. The van der Waals surface area contributed by atoms with Gasteiger partial charge in [0.1, 0.15) is 5.15 Å². The fourth-order valence-corrected chi connectivity index (χ4v) is 5.92. The van der Waals surface area contributed by atoms with Gasteiger partial charge in [-0.15, -0.1) is 0 Å². The SMILES string of the molecule is CCCCCC.CCCCSN1CCC(c2c[nH]c3c(C(N)=O)cc(-c4ccc(Cl)[nH]4)cc23)CC1. The van der Waals surface area contributed by atoms with Crippen LogP contribution in [0.3, 0.4) is 0 Å². The van der Waals surface area contributed by atoms with Crippen LogP contribution in [-0.2, 0) is 0 Å². The molecule has 7 heteroatoms. The highest BCUT2D eigenvalue weighted by atomic mass is 35.5. The van der Waals surface area contributed by atoms with Crippen molar-refractivity contribution >= 4 is 40.4 Å². The minimum atomic E-state index is -0.426. The van der Waals surface area contributed by atoms with Crippen LogP contribution in [0.2, 0.25) is 5.15 Å². The summed E-state index contributed by atoms with van der Waals surface area (Å²) in [5, 5.41) is 1.65. The number of benzene rings is 1. The van der Waals surface area contributed by atoms with E-state index in [9.17, 15) is 4.79 Å². The normalized spacial score (nSPS) is 14.7. The summed E-state index contributed by atoms with van der Waals surface area (Å²) in [6.07, 6.45) is 12.4. The number of nitrogens with zero attached hydrogens (tertiary/aromatic N) is 1. The Balaban J connectivity index is 0.000000509. The molecular weight excluding hydrogens is 476 g/mol. The molecule has 3 heterocycles. The molecule has 192 valence electrons. The summed E-state index contributed by atoms with van der Waals surface area (Å²) in [7, 11) is 0. The third-order valence-corrected chi connectivity index (χ3v) is 8.09. The van der Waals surface area contributed by atoms with E-state index in [4.69, 9.17) is 17.3 Å². The molecule has 0 unspecified atom stereocenters. The topological polar surface area (TPSA) is 77.9 Å². The summed E-state index contributed by atoms with van der Waals surface area (Å²) >= 11 is 8.04. The fourth-order valence-electron chi connectivity index (χ4n) is 4.61. The van der Waals surface area contributed by atoms with Gasteiger partial charge in [0.15, 0.2) is 0 Å². The third kappa shape index (κ3) is 7.55. The molecule has 0 saturated carbocycles. The molecule has 4 N–H and O–H groups in total. The first-order valence-electron chi connectivity index (χ1n) is 13.2. The molecule has 3 aromatic rings. The molecule has 5 nitrogen and oxygen atoms in total. The van der Waals surface area contributed by atoms with Crippen LogP contribution in [0, 0.1) is 0 Å². The summed E-state index contributed by atoms with van der Waals surface area (Å²) in [5.41, 5.74) is 10.1. The van der Waals surface area contributed by atoms with Crippen LogP contribution >= 0.6 is 23.5 Å². The van der Waals surface area contributed by atoms with Crippen molar-refractivity contribution < 1.29 is 4.79 Å². The third-order valence-electron chi connectivity index (χ3n) is 6.67. The molecular formula is C28H41ClN4OS. The summed E-state index contributed by atoms with van der Waals surface area (Å²) in [6, 6.07) is 7.71. The Kier molecular flexibility index (Phi) is 11.1. The molecule has 0 atom stereocenters. The summed E-state index contributed by atoms with van der Waals surface area (Å²) in [6.45, 7) is 8.89. The molecule has 1 aliphatic rings. The standard InChI is InChI=1S/C22H27ClN4OS.C6H14/c1-2-3-10-29-27-8-6-14(7-9-27)18-13-25-21-16(18)11-15(12-17(21)22(24)28)19-4-5-20(23)26-19;1-3-5-6-4-2/h4-5,11-14,25-26H,2-3,6-10H2,1H3,(H2,24,28);3-6H2,1-2H3. The average Bonchev–Trinajstić information content (AvgIpc) is 3.49. The number of hydrogen-bond acceptors (Lipinski definition) is 3. The highest BCUT2D eigenvalue weighted by molar-refractivity contribution is 7.97. The molecule has 1 saturated heterocycles. The van der Waals surface area contributed by atoms with E-state index < -0.39 is 5.91 Å². The molecule has 2 aromatic heterocycles. The molecule has 0 bridgehead atoms. The molecule has 1 amide bonds. The van der Waals surface area contributed by atoms with Crippen molar-refractivity contribution in [3.05, 3.63) is 46.7 Å². The first-order valence-corrected chi connectivity index (χ1v) is 14.5. The first-order chi connectivity index (χ1) is 17.0. The highest BCUT2D eigenvalue weighted by Crippen LogP contribution is 2.37. The van der Waals surface area contributed by atoms with Gasteiger partial charge in [0.2, 0.25) is 0 Å². The molecule has 1 aliphatic heterocycles. The van der Waals surface area contributed by atoms with Gasteiger partial charge in [-0.05, 0) is 60.6 Å². The van der Waals surface area contributed by atoms with Gasteiger partial charge in [-0.25, -0.2) is 0 Å². The van der Waals surface area contributed by atoms with Crippen molar-refractivity contribution in [3.63, 3.8) is 0 Å². The maximum absolute atomic E-state index is 12.1. The minimum absolute atomic E-state index is 0.426. The second kappa shape index (κ2) is 14.0. The number of nitrogens with one attached hydrogen (secondary N) is 2. The second-order valence-electron chi connectivity index (χ2n) is 9.37. The number of carbonyl (C=O) groups is 1. The van der Waals surface area contributed by atoms with E-state index in [1.165, 1.54) is 49.8 Å². The predicted octanol–water partition coefficient (Wildman–Crippen LogP) is 8.13. The van der Waals surface area contributed by atoms with Crippen molar-refractivity contribution in [2.45, 2.75) is 78.1 Å². The van der Waals surface area contributed by atoms with E-state index in [1.807, 2.05) is 30.1 Å². The molecule has 0 aliphatic carbocycles. The zero-order valence-corrected chi connectivity index (χ0v) is 23.0. The van der Waals surface area contributed by atoms with Crippen LogP contribution in [0.5, 0.6) is 0 Å². The lowest BCUT2D eigenvalue weighted by atomic mass is 9.89. The van der Waals surface area contributed by atoms with Crippen LogP contribution in [0.4, 0.5) is 0 Å². The van der Waals surface area contributed by atoms with Gasteiger partial charge in [-0.3, -0.25) is 9.10 Å². The number of unbranched alkanes of at least 4 members (excludes halogenated alkanes) is 4. The van der Waals surface area contributed by atoms with E-state index in [0.717, 1.165) is 48.1 Å². The fraction of sp³-hybridized carbons (Fsp3) is 0.536. The largest absolute Gasteiger partial charge is 0.366 e. The number of aromatic amines is 2. The number of piperidine rings is 1. The van der Waals surface area contributed by atoms with Gasteiger partial charge in [0.05, 0.1) is 11.1 Å². The van der Waals surface area contributed by atoms with Gasteiger partial charge >= 0.3 is 0 Å². The Labute approximate surface area is 219 Å². The number of carbonyl (C=O) groups excluding carboxylic acids is 1. The van der Waals surface area contributed by atoms with Crippen LogP contribution < -0.4 is 5.73 Å². The van der Waals surface area contributed by atoms with Crippen LogP contribution in [0.25, 0.3) is 22.2 Å². The molecule has 1 fully saturated rings. The molecule has 35 heavy (non-hydrogen) atoms. The monoisotopic (exact) mass is 516 g/mol. The van der Waals surface area contributed by atoms with E-state index in [0.29, 0.717) is 16.6 Å². The predicted molar refractivity (Wildman–Crippen MR) is 152 cm³/mol. The van der Waals surface area contributed by atoms with Crippen molar-refractivity contribution in [3.8, 4) is 11.3 Å². The maximum Gasteiger partial charge on any atom is 0.250 e. The Morgan fingerprint density at radius 1 is 1.09 bits per heavy atom. The number of hydrogen-bond donors (Lipinski definition) is 3. The number of fused-ring (bicyclic) bond motifs is 1. The van der Waals surface area contributed by atoms with Gasteiger partial charge < -0.3 is 15.7 Å². The number of nitrogens with two attached hydrogens (primary N) is 1. The van der Waals surface area contributed by atoms with E-state index in [-0.39, 0.29) is 0 Å². The Hall–Kier alpha value is -1.89. The summed E-state index contributed by atoms with van der Waals surface area (Å²) in [5.74, 6) is 1.26. The second-order valence-corrected chi connectivity index (χ2v) is 11.0. The zero-order valence-electron chi connectivity index (χ0n) is 21.5. The summed E-state index contributed by atoms with van der Waals surface area (Å²) in [4.78, 5) is 18.6. The highest BCUT2D eigenvalue weighted by Gasteiger charge is 2.24. The quantitative estimate of drug-likeness (QED) is 0.188. The zero-order chi connectivity index (χ0) is 25.2. The van der Waals surface area contributed by atoms with Gasteiger partial charge in [-0.1, -0.05) is 76.4 Å². The number of amides is 1. The number of H-pyrrole nitrogens is 2. The lowest BCUT2D eigenvalue weighted by Crippen LogP contribution is -2.27. The Morgan fingerprint density at radius 2 is 1.77 bits per heavy atom. The van der Waals surface area contributed by atoms with Gasteiger partial charge in [-0.2, -0.15) is 0 Å². The lowest BCUT2D eigenvalue weighted by Gasteiger charge is -2.31. The number of aromatic nitrogens is 2. The maximum atomic E-state index is 12.1. The molecule has 4 rings (SSSR count). The van der Waals surface area contributed by atoms with Crippen LogP contribution in [0.15, 0.2) is 30.5 Å². The number of rotatable bonds is 10. The van der Waals surface area contributed by atoms with Gasteiger partial charge in [0.25, 0.3) is 5.91 Å². The van der Waals surface area contributed by atoms with Crippen molar-refractivity contribution in [1.29, 1.82) is 0 Å². The van der Waals surface area contributed by atoms with Crippen LogP contribution in [0.1, 0.15) is 94.0 Å². The van der Waals surface area contributed by atoms with E-state index >= 15 is 0 Å². The lowest BCUT2D eigenvalue weighted by molar-refractivity contribution is 0.100. The Bertz CT molecular complexity index is 1060. The number of halogens is 1. The van der Waals surface area contributed by atoms with Crippen molar-refractivity contribution in [1.82, 2.24) is 14.3 Å². The van der Waals surface area contributed by atoms with E-state index in [1.54, 1.807) is 0 Å². The average molecular weight is 517 g/mol. The smallest absolute Gasteiger partial charge is 0.250 e.